The highest BCUT2D eigenvalue weighted by Gasteiger charge is 2.45. The third-order valence-electron chi connectivity index (χ3n) is 4.89. The van der Waals surface area contributed by atoms with Crippen molar-refractivity contribution in [3.63, 3.8) is 0 Å². The second kappa shape index (κ2) is 9.52. The summed E-state index contributed by atoms with van der Waals surface area (Å²) in [6.07, 6.45) is 0.396. The highest BCUT2D eigenvalue weighted by molar-refractivity contribution is 7.13. The van der Waals surface area contributed by atoms with E-state index < -0.39 is 5.60 Å². The highest BCUT2D eigenvalue weighted by Crippen LogP contribution is 2.28. The number of methoxy groups -OCH3 is 1. The monoisotopic (exact) mass is 416 g/mol. The number of carbonyl (C=O) groups excluding carboxylic acids is 2. The number of thiophene rings is 1. The van der Waals surface area contributed by atoms with Crippen LogP contribution in [0, 0.1) is 0 Å². The molecule has 1 N–H and O–H groups in total. The van der Waals surface area contributed by atoms with Crippen LogP contribution in [-0.2, 0) is 25.5 Å². The van der Waals surface area contributed by atoms with Crippen molar-refractivity contribution >= 4 is 23.2 Å². The van der Waals surface area contributed by atoms with Gasteiger partial charge in [-0.3, -0.25) is 9.59 Å². The Bertz CT molecular complexity index is 820. The molecule has 1 aromatic carbocycles. The van der Waals surface area contributed by atoms with Crippen LogP contribution in [0.25, 0.3) is 10.4 Å². The molecule has 0 spiro atoms. The zero-order valence-electron chi connectivity index (χ0n) is 17.1. The van der Waals surface area contributed by atoms with Gasteiger partial charge in [-0.25, -0.2) is 0 Å². The molecule has 3 rings (SSSR count). The van der Waals surface area contributed by atoms with E-state index >= 15 is 0 Å². The average molecular weight is 417 g/mol. The molecular formula is C22H28N2O4S. The molecule has 0 saturated carbocycles. The Labute approximate surface area is 175 Å². The van der Waals surface area contributed by atoms with Crippen LogP contribution in [-0.4, -0.2) is 61.8 Å². The SMILES string of the molecule is COCC(=O)N1CCO[C@@](Cc2ccc(-c3cccs3)cc2)(C(=O)NC(C)C)C1. The number of rotatable bonds is 7. The maximum Gasteiger partial charge on any atom is 0.254 e. The lowest BCUT2D eigenvalue weighted by atomic mass is 9.90. The van der Waals surface area contributed by atoms with E-state index in [1.54, 1.807) is 16.2 Å². The van der Waals surface area contributed by atoms with Crippen LogP contribution >= 0.6 is 11.3 Å². The van der Waals surface area contributed by atoms with E-state index in [0.717, 1.165) is 11.1 Å². The Balaban J connectivity index is 1.83. The van der Waals surface area contributed by atoms with Gasteiger partial charge >= 0.3 is 0 Å². The third kappa shape index (κ3) is 5.23. The number of benzene rings is 1. The number of ether oxygens (including phenoxy) is 2. The van der Waals surface area contributed by atoms with Gasteiger partial charge in [0.05, 0.1) is 13.2 Å². The Morgan fingerprint density at radius 2 is 2.03 bits per heavy atom. The fourth-order valence-corrected chi connectivity index (χ4v) is 4.22. The molecule has 7 heteroatoms. The molecule has 2 amide bonds. The van der Waals surface area contributed by atoms with Crippen LogP contribution in [0.4, 0.5) is 0 Å². The predicted molar refractivity (Wildman–Crippen MR) is 114 cm³/mol. The summed E-state index contributed by atoms with van der Waals surface area (Å²) in [6, 6.07) is 12.3. The van der Waals surface area contributed by atoms with Crippen molar-refractivity contribution in [2.75, 3.05) is 33.4 Å². The molecule has 0 aliphatic carbocycles. The van der Waals surface area contributed by atoms with E-state index in [-0.39, 0.29) is 31.0 Å². The highest BCUT2D eigenvalue weighted by atomic mass is 32.1. The molecule has 1 atom stereocenters. The molecule has 1 aromatic heterocycles. The molecule has 1 saturated heterocycles. The first-order chi connectivity index (χ1) is 13.9. The van der Waals surface area contributed by atoms with Crippen molar-refractivity contribution in [2.24, 2.45) is 0 Å². The summed E-state index contributed by atoms with van der Waals surface area (Å²) >= 11 is 1.69. The summed E-state index contributed by atoms with van der Waals surface area (Å²) in [5.74, 6) is -0.324. The normalized spacial score (nSPS) is 19.4. The number of hydrogen-bond acceptors (Lipinski definition) is 5. The van der Waals surface area contributed by atoms with Gasteiger partial charge in [-0.15, -0.1) is 11.3 Å². The minimum atomic E-state index is -1.11. The van der Waals surface area contributed by atoms with E-state index in [1.165, 1.54) is 12.0 Å². The van der Waals surface area contributed by atoms with E-state index in [1.807, 2.05) is 32.0 Å². The minimum absolute atomic E-state index is 0.00259. The van der Waals surface area contributed by atoms with Gasteiger partial charge in [-0.1, -0.05) is 30.3 Å². The smallest absolute Gasteiger partial charge is 0.254 e. The summed E-state index contributed by atoms with van der Waals surface area (Å²) in [6.45, 7) is 4.80. The largest absolute Gasteiger partial charge is 0.375 e. The Morgan fingerprint density at radius 3 is 2.66 bits per heavy atom. The molecule has 1 fully saturated rings. The Hall–Kier alpha value is -2.22. The van der Waals surface area contributed by atoms with E-state index in [2.05, 4.69) is 28.9 Å². The first-order valence-corrected chi connectivity index (χ1v) is 10.7. The fourth-order valence-electron chi connectivity index (χ4n) is 3.49. The fraction of sp³-hybridized carbons (Fsp3) is 0.455. The number of morpholine rings is 1. The van der Waals surface area contributed by atoms with Crippen molar-refractivity contribution in [3.8, 4) is 10.4 Å². The molecule has 6 nitrogen and oxygen atoms in total. The molecule has 0 unspecified atom stereocenters. The number of hydrogen-bond donors (Lipinski definition) is 1. The van der Waals surface area contributed by atoms with Gasteiger partial charge in [0.1, 0.15) is 6.61 Å². The van der Waals surface area contributed by atoms with E-state index in [4.69, 9.17) is 9.47 Å². The maximum absolute atomic E-state index is 13.1. The van der Waals surface area contributed by atoms with Crippen LogP contribution in [0.1, 0.15) is 19.4 Å². The molecule has 0 radical (unpaired) electrons. The molecule has 2 aromatic rings. The summed E-state index contributed by atoms with van der Waals surface area (Å²) in [5, 5.41) is 5.02. The van der Waals surface area contributed by atoms with E-state index in [0.29, 0.717) is 19.6 Å². The lowest BCUT2D eigenvalue weighted by Gasteiger charge is -2.42. The van der Waals surface area contributed by atoms with Crippen molar-refractivity contribution < 1.29 is 19.1 Å². The van der Waals surface area contributed by atoms with Crippen LogP contribution in [0.15, 0.2) is 41.8 Å². The number of nitrogens with one attached hydrogen (secondary N) is 1. The molecule has 156 valence electrons. The van der Waals surface area contributed by atoms with Gasteiger partial charge in [0.15, 0.2) is 5.60 Å². The Morgan fingerprint density at radius 1 is 1.28 bits per heavy atom. The van der Waals surface area contributed by atoms with Gasteiger partial charge in [0.2, 0.25) is 5.91 Å². The van der Waals surface area contributed by atoms with Crippen molar-refractivity contribution in [3.05, 3.63) is 47.3 Å². The first kappa shape index (κ1) is 21.5. The van der Waals surface area contributed by atoms with Crippen LogP contribution < -0.4 is 5.32 Å². The topological polar surface area (TPSA) is 67.9 Å². The maximum atomic E-state index is 13.1. The van der Waals surface area contributed by atoms with Gasteiger partial charge < -0.3 is 19.7 Å². The zero-order chi connectivity index (χ0) is 20.9. The van der Waals surface area contributed by atoms with Crippen LogP contribution in [0.3, 0.4) is 0 Å². The van der Waals surface area contributed by atoms with Crippen molar-refractivity contribution in [1.29, 1.82) is 0 Å². The van der Waals surface area contributed by atoms with Gasteiger partial charge in [0.25, 0.3) is 5.91 Å². The minimum Gasteiger partial charge on any atom is -0.375 e. The summed E-state index contributed by atoms with van der Waals surface area (Å²) in [7, 11) is 1.49. The quantitative estimate of drug-likeness (QED) is 0.754. The lowest BCUT2D eigenvalue weighted by molar-refractivity contribution is -0.167. The lowest BCUT2D eigenvalue weighted by Crippen LogP contribution is -2.63. The number of carbonyl (C=O) groups is 2. The van der Waals surface area contributed by atoms with Gasteiger partial charge in [-0.05, 0) is 36.4 Å². The summed E-state index contributed by atoms with van der Waals surface area (Å²) < 4.78 is 11.0. The van der Waals surface area contributed by atoms with Crippen LogP contribution in [0.5, 0.6) is 0 Å². The van der Waals surface area contributed by atoms with Gasteiger partial charge in [-0.2, -0.15) is 0 Å². The molecule has 29 heavy (non-hydrogen) atoms. The zero-order valence-corrected chi connectivity index (χ0v) is 18.0. The third-order valence-corrected chi connectivity index (χ3v) is 5.81. The summed E-state index contributed by atoms with van der Waals surface area (Å²) in [5.41, 5.74) is 1.02. The summed E-state index contributed by atoms with van der Waals surface area (Å²) in [4.78, 5) is 28.3. The average Bonchev–Trinajstić information content (AvgIpc) is 3.23. The molecule has 1 aliphatic heterocycles. The second-order valence-corrected chi connectivity index (χ2v) is 8.52. The Kier molecular flexibility index (Phi) is 7.05. The standard InChI is InChI=1S/C22H28N2O4S/c1-16(2)23-21(26)22(15-24(10-11-28-22)20(25)14-27-3)13-17-6-8-18(9-7-17)19-5-4-12-29-19/h4-9,12,16H,10-11,13-15H2,1-3H3,(H,23,26)/t22-/m1/s1. The van der Waals surface area contributed by atoms with Crippen molar-refractivity contribution in [2.45, 2.75) is 31.9 Å². The van der Waals surface area contributed by atoms with E-state index in [9.17, 15) is 9.59 Å². The first-order valence-electron chi connectivity index (χ1n) is 9.78. The molecular weight excluding hydrogens is 388 g/mol. The van der Waals surface area contributed by atoms with Crippen LogP contribution in [0.2, 0.25) is 0 Å². The molecule has 1 aliphatic rings. The predicted octanol–water partition coefficient (Wildman–Crippen LogP) is 2.73. The number of nitrogens with zero attached hydrogens (tertiary/aromatic N) is 1. The molecule has 0 bridgehead atoms. The molecule has 2 heterocycles. The second-order valence-electron chi connectivity index (χ2n) is 7.57. The van der Waals surface area contributed by atoms with Gasteiger partial charge in [0, 0.05) is 31.0 Å². The number of amides is 2. The van der Waals surface area contributed by atoms with Crippen molar-refractivity contribution in [1.82, 2.24) is 10.2 Å².